The Labute approximate surface area is 75.7 Å². The van der Waals surface area contributed by atoms with Crippen LogP contribution < -0.4 is 5.32 Å². The maximum atomic E-state index is 5.58. The molecule has 2 nitrogen and oxygen atoms in total. The van der Waals surface area contributed by atoms with Gasteiger partial charge in [0.2, 0.25) is 0 Å². The van der Waals surface area contributed by atoms with Crippen molar-refractivity contribution >= 4 is 0 Å². The lowest BCUT2D eigenvalue weighted by molar-refractivity contribution is -0.0117. The molecular weight excluding hydrogens is 150 g/mol. The first-order chi connectivity index (χ1) is 5.83. The second-order valence-corrected chi connectivity index (χ2v) is 3.71. The molecule has 12 heavy (non-hydrogen) atoms. The summed E-state index contributed by atoms with van der Waals surface area (Å²) in [5.41, 5.74) is 0. The van der Waals surface area contributed by atoms with E-state index in [0.29, 0.717) is 12.3 Å². The molecule has 0 aromatic rings. The summed E-state index contributed by atoms with van der Waals surface area (Å²) in [6, 6.07) is 0.609. The van der Waals surface area contributed by atoms with Crippen LogP contribution in [0.15, 0.2) is 0 Å². The minimum absolute atomic E-state index is 0.334. The summed E-state index contributed by atoms with van der Waals surface area (Å²) in [6.07, 6.45) is 6.58. The molecule has 2 unspecified atom stereocenters. The van der Waals surface area contributed by atoms with Crippen LogP contribution in [0.3, 0.4) is 0 Å². The van der Waals surface area contributed by atoms with Gasteiger partial charge in [-0.25, -0.2) is 0 Å². The van der Waals surface area contributed by atoms with Gasteiger partial charge in [-0.1, -0.05) is 13.3 Å². The molecule has 0 spiro atoms. The monoisotopic (exact) mass is 171 g/mol. The molecule has 1 fully saturated rings. The third-order valence-electron chi connectivity index (χ3n) is 2.37. The van der Waals surface area contributed by atoms with Gasteiger partial charge in [0.1, 0.15) is 6.23 Å². The summed E-state index contributed by atoms with van der Waals surface area (Å²) in [4.78, 5) is 0. The first-order valence-electron chi connectivity index (χ1n) is 5.20. The van der Waals surface area contributed by atoms with E-state index in [1.165, 1.54) is 32.1 Å². The third kappa shape index (κ3) is 3.55. The number of rotatable bonds is 4. The summed E-state index contributed by atoms with van der Waals surface area (Å²) in [5.74, 6) is 0. The van der Waals surface area contributed by atoms with Crippen LogP contribution in [0, 0.1) is 0 Å². The normalized spacial score (nSPS) is 27.0. The fourth-order valence-electron chi connectivity index (χ4n) is 1.71. The van der Waals surface area contributed by atoms with Crippen LogP contribution in [0.5, 0.6) is 0 Å². The van der Waals surface area contributed by atoms with E-state index in [-0.39, 0.29) is 0 Å². The van der Waals surface area contributed by atoms with E-state index in [2.05, 4.69) is 19.2 Å². The van der Waals surface area contributed by atoms with Gasteiger partial charge < -0.3 is 4.74 Å². The Kier molecular flexibility index (Phi) is 4.62. The van der Waals surface area contributed by atoms with Gasteiger partial charge in [0, 0.05) is 12.6 Å². The van der Waals surface area contributed by atoms with Crippen molar-refractivity contribution in [2.24, 2.45) is 0 Å². The lowest BCUT2D eigenvalue weighted by Gasteiger charge is -2.26. The van der Waals surface area contributed by atoms with E-state index in [9.17, 15) is 0 Å². The lowest BCUT2D eigenvalue weighted by atomic mass is 10.1. The third-order valence-corrected chi connectivity index (χ3v) is 2.37. The summed E-state index contributed by atoms with van der Waals surface area (Å²) in [5, 5.41) is 3.50. The van der Waals surface area contributed by atoms with Gasteiger partial charge in [0.05, 0.1) is 0 Å². The highest BCUT2D eigenvalue weighted by Crippen LogP contribution is 2.11. The highest BCUT2D eigenvalue weighted by molar-refractivity contribution is 4.66. The average Bonchev–Trinajstić information content (AvgIpc) is 2.06. The smallest absolute Gasteiger partial charge is 0.108 e. The summed E-state index contributed by atoms with van der Waals surface area (Å²) in [7, 11) is 0. The Bertz CT molecular complexity index is 110. The second-order valence-electron chi connectivity index (χ2n) is 3.71. The minimum atomic E-state index is 0.334. The average molecular weight is 171 g/mol. The van der Waals surface area contributed by atoms with Crippen LogP contribution in [-0.4, -0.2) is 18.9 Å². The Morgan fingerprint density at radius 3 is 2.92 bits per heavy atom. The quantitative estimate of drug-likeness (QED) is 0.700. The van der Waals surface area contributed by atoms with Crippen molar-refractivity contribution in [3.05, 3.63) is 0 Å². The molecule has 1 aliphatic heterocycles. The standard InChI is InChI=1S/C10H21NO/c1-3-6-9(2)11-10-7-4-5-8-12-10/h9-11H,3-8H2,1-2H3. The summed E-state index contributed by atoms with van der Waals surface area (Å²) in [6.45, 7) is 5.40. The van der Waals surface area contributed by atoms with Gasteiger partial charge in [0.15, 0.2) is 0 Å². The molecule has 0 saturated carbocycles. The maximum Gasteiger partial charge on any atom is 0.108 e. The van der Waals surface area contributed by atoms with Crippen LogP contribution in [0.25, 0.3) is 0 Å². The van der Waals surface area contributed by atoms with Gasteiger partial charge in [-0.2, -0.15) is 0 Å². The van der Waals surface area contributed by atoms with Crippen LogP contribution in [0.4, 0.5) is 0 Å². The zero-order chi connectivity index (χ0) is 8.81. The Morgan fingerprint density at radius 1 is 1.50 bits per heavy atom. The molecule has 1 rings (SSSR count). The highest BCUT2D eigenvalue weighted by atomic mass is 16.5. The van der Waals surface area contributed by atoms with Crippen LogP contribution in [0.2, 0.25) is 0 Å². The van der Waals surface area contributed by atoms with Crippen LogP contribution >= 0.6 is 0 Å². The van der Waals surface area contributed by atoms with Crippen molar-refractivity contribution in [3.8, 4) is 0 Å². The second kappa shape index (κ2) is 5.55. The molecular formula is C10H21NO. The first kappa shape index (κ1) is 10.0. The molecule has 1 N–H and O–H groups in total. The molecule has 0 aromatic heterocycles. The molecule has 0 amide bonds. The molecule has 0 aliphatic carbocycles. The van der Waals surface area contributed by atoms with Crippen molar-refractivity contribution < 1.29 is 4.74 Å². The van der Waals surface area contributed by atoms with Crippen LogP contribution in [-0.2, 0) is 4.74 Å². The fraction of sp³-hybridized carbons (Fsp3) is 1.00. The van der Waals surface area contributed by atoms with Gasteiger partial charge in [-0.05, 0) is 32.6 Å². The zero-order valence-electron chi connectivity index (χ0n) is 8.31. The minimum Gasteiger partial charge on any atom is -0.363 e. The van der Waals surface area contributed by atoms with E-state index >= 15 is 0 Å². The summed E-state index contributed by atoms with van der Waals surface area (Å²) >= 11 is 0. The van der Waals surface area contributed by atoms with Gasteiger partial charge in [-0.15, -0.1) is 0 Å². The number of hydrogen-bond donors (Lipinski definition) is 1. The van der Waals surface area contributed by atoms with Crippen molar-refractivity contribution in [2.75, 3.05) is 6.61 Å². The highest BCUT2D eigenvalue weighted by Gasteiger charge is 2.14. The Hall–Kier alpha value is -0.0800. The van der Waals surface area contributed by atoms with Crippen molar-refractivity contribution in [1.82, 2.24) is 5.32 Å². The topological polar surface area (TPSA) is 21.3 Å². The molecule has 2 atom stereocenters. The SMILES string of the molecule is CCCC(C)NC1CCCCO1. The molecule has 0 bridgehead atoms. The van der Waals surface area contributed by atoms with Gasteiger partial charge >= 0.3 is 0 Å². The number of nitrogens with one attached hydrogen (secondary N) is 1. The Balaban J connectivity index is 2.11. The molecule has 1 saturated heterocycles. The number of hydrogen-bond acceptors (Lipinski definition) is 2. The van der Waals surface area contributed by atoms with E-state index < -0.39 is 0 Å². The lowest BCUT2D eigenvalue weighted by Crippen LogP contribution is -2.40. The Morgan fingerprint density at radius 2 is 2.33 bits per heavy atom. The number of ether oxygens (including phenoxy) is 1. The fourth-order valence-corrected chi connectivity index (χ4v) is 1.71. The van der Waals surface area contributed by atoms with Crippen LogP contribution in [0.1, 0.15) is 46.0 Å². The molecule has 1 heterocycles. The molecule has 0 radical (unpaired) electrons. The first-order valence-corrected chi connectivity index (χ1v) is 5.20. The predicted molar refractivity (Wildman–Crippen MR) is 51.1 cm³/mol. The van der Waals surface area contributed by atoms with Crippen molar-refractivity contribution in [3.63, 3.8) is 0 Å². The largest absolute Gasteiger partial charge is 0.363 e. The van der Waals surface area contributed by atoms with E-state index in [4.69, 9.17) is 4.74 Å². The van der Waals surface area contributed by atoms with E-state index in [1.54, 1.807) is 0 Å². The van der Waals surface area contributed by atoms with Crippen molar-refractivity contribution in [1.29, 1.82) is 0 Å². The van der Waals surface area contributed by atoms with Gasteiger partial charge in [-0.3, -0.25) is 5.32 Å². The van der Waals surface area contributed by atoms with E-state index in [1.807, 2.05) is 0 Å². The molecule has 0 aromatic carbocycles. The molecule has 2 heteroatoms. The summed E-state index contributed by atoms with van der Waals surface area (Å²) < 4.78 is 5.58. The van der Waals surface area contributed by atoms with E-state index in [0.717, 1.165) is 6.61 Å². The van der Waals surface area contributed by atoms with Gasteiger partial charge in [0.25, 0.3) is 0 Å². The van der Waals surface area contributed by atoms with Crippen molar-refractivity contribution in [2.45, 2.75) is 58.2 Å². The maximum absolute atomic E-state index is 5.58. The molecule has 1 aliphatic rings. The zero-order valence-corrected chi connectivity index (χ0v) is 8.31. The molecule has 72 valence electrons. The predicted octanol–water partition coefficient (Wildman–Crippen LogP) is 2.29.